The highest BCUT2D eigenvalue weighted by Gasteiger charge is 2.13. The van der Waals surface area contributed by atoms with Crippen LogP contribution in [0.2, 0.25) is 0 Å². The van der Waals surface area contributed by atoms with E-state index in [0.29, 0.717) is 23.7 Å². The highest BCUT2D eigenvalue weighted by molar-refractivity contribution is 9.10. The molecule has 3 rings (SSSR count). The SMILES string of the molecule is COc1cc(CNc2cc(C(=O)O)ccc2C)c(Br)cc1OCC(=O)Nc1ccc(C)cc1. The zero-order chi connectivity index (χ0) is 24.0. The Morgan fingerprint density at radius 2 is 1.73 bits per heavy atom. The summed E-state index contributed by atoms with van der Waals surface area (Å²) in [6, 6.07) is 16.0. The van der Waals surface area contributed by atoms with Gasteiger partial charge in [-0.15, -0.1) is 0 Å². The van der Waals surface area contributed by atoms with Crippen molar-refractivity contribution in [2.24, 2.45) is 0 Å². The number of aromatic carboxylic acids is 1. The maximum atomic E-state index is 12.2. The van der Waals surface area contributed by atoms with Gasteiger partial charge in [0.25, 0.3) is 5.91 Å². The molecule has 1 amide bonds. The molecular weight excluding hydrogens is 488 g/mol. The maximum Gasteiger partial charge on any atom is 0.335 e. The number of hydrogen-bond donors (Lipinski definition) is 3. The standard InChI is InChI=1S/C25H25BrN2O5/c1-15-4-8-19(9-5-15)28-24(29)14-33-23-12-20(26)18(11-22(23)32-3)13-27-21-10-17(25(30)31)7-6-16(21)2/h4-12,27H,13-14H2,1-3H3,(H,28,29)(H,30,31). The molecular formula is C25H25BrN2O5. The second kappa shape index (κ2) is 10.9. The van der Waals surface area contributed by atoms with Crippen molar-refractivity contribution >= 4 is 39.2 Å². The van der Waals surface area contributed by atoms with Gasteiger partial charge in [0.05, 0.1) is 12.7 Å². The minimum Gasteiger partial charge on any atom is -0.493 e. The largest absolute Gasteiger partial charge is 0.493 e. The van der Waals surface area contributed by atoms with E-state index in [4.69, 9.17) is 9.47 Å². The third-order valence-electron chi connectivity index (χ3n) is 4.98. The molecule has 7 nitrogen and oxygen atoms in total. The Morgan fingerprint density at radius 1 is 1.00 bits per heavy atom. The summed E-state index contributed by atoms with van der Waals surface area (Å²) in [5.41, 5.74) is 4.57. The lowest BCUT2D eigenvalue weighted by molar-refractivity contribution is -0.118. The van der Waals surface area contributed by atoms with Crippen LogP contribution in [-0.4, -0.2) is 30.7 Å². The number of anilines is 2. The van der Waals surface area contributed by atoms with Crippen LogP contribution in [0.3, 0.4) is 0 Å². The van der Waals surface area contributed by atoms with Crippen LogP contribution in [0.1, 0.15) is 27.0 Å². The second-order valence-corrected chi connectivity index (χ2v) is 8.34. The third-order valence-corrected chi connectivity index (χ3v) is 5.72. The summed E-state index contributed by atoms with van der Waals surface area (Å²) in [7, 11) is 1.53. The van der Waals surface area contributed by atoms with Crippen molar-refractivity contribution in [1.29, 1.82) is 0 Å². The van der Waals surface area contributed by atoms with Crippen molar-refractivity contribution in [2.45, 2.75) is 20.4 Å². The van der Waals surface area contributed by atoms with Gasteiger partial charge in [-0.2, -0.15) is 0 Å². The van der Waals surface area contributed by atoms with Crippen LogP contribution in [0.25, 0.3) is 0 Å². The minimum atomic E-state index is -0.978. The number of halogens is 1. The number of rotatable bonds is 9. The Labute approximate surface area is 200 Å². The summed E-state index contributed by atoms with van der Waals surface area (Å²) < 4.78 is 11.9. The third kappa shape index (κ3) is 6.49. The molecule has 0 bridgehead atoms. The van der Waals surface area contributed by atoms with E-state index < -0.39 is 5.97 Å². The predicted molar refractivity (Wildman–Crippen MR) is 131 cm³/mol. The van der Waals surface area contributed by atoms with Crippen molar-refractivity contribution in [3.05, 3.63) is 81.3 Å². The van der Waals surface area contributed by atoms with Crippen LogP contribution in [0.4, 0.5) is 11.4 Å². The van der Waals surface area contributed by atoms with Crippen LogP contribution in [0.5, 0.6) is 11.5 Å². The monoisotopic (exact) mass is 512 g/mol. The van der Waals surface area contributed by atoms with Crippen molar-refractivity contribution in [1.82, 2.24) is 0 Å². The number of aryl methyl sites for hydroxylation is 2. The predicted octanol–water partition coefficient (Wildman–Crippen LogP) is 5.40. The molecule has 0 heterocycles. The summed E-state index contributed by atoms with van der Waals surface area (Å²) in [4.78, 5) is 23.5. The number of carboxylic acid groups (broad SMARTS) is 1. The molecule has 3 aromatic carbocycles. The number of carbonyl (C=O) groups is 2. The van der Waals surface area contributed by atoms with Gasteiger partial charge in [-0.1, -0.05) is 39.7 Å². The summed E-state index contributed by atoms with van der Waals surface area (Å²) in [6.07, 6.45) is 0. The summed E-state index contributed by atoms with van der Waals surface area (Å²) in [6.45, 7) is 4.14. The van der Waals surface area contributed by atoms with Gasteiger partial charge in [-0.25, -0.2) is 4.79 Å². The lowest BCUT2D eigenvalue weighted by Crippen LogP contribution is -2.20. The highest BCUT2D eigenvalue weighted by Crippen LogP contribution is 2.34. The van der Waals surface area contributed by atoms with Gasteiger partial charge in [0.2, 0.25) is 0 Å². The fraction of sp³-hybridized carbons (Fsp3) is 0.200. The number of benzene rings is 3. The second-order valence-electron chi connectivity index (χ2n) is 7.49. The Bertz CT molecular complexity index is 1160. The van der Waals surface area contributed by atoms with Crippen LogP contribution >= 0.6 is 15.9 Å². The Balaban J connectivity index is 1.67. The molecule has 0 aliphatic heterocycles. The van der Waals surface area contributed by atoms with Gasteiger partial charge in [-0.05, 0) is 61.4 Å². The number of amides is 1. The number of nitrogens with one attached hydrogen (secondary N) is 2. The Kier molecular flexibility index (Phi) is 7.95. The molecule has 0 saturated carbocycles. The van der Waals surface area contributed by atoms with E-state index in [1.54, 1.807) is 30.3 Å². The molecule has 8 heteroatoms. The van der Waals surface area contributed by atoms with Crippen molar-refractivity contribution < 1.29 is 24.2 Å². The first-order chi connectivity index (χ1) is 15.8. The van der Waals surface area contributed by atoms with E-state index in [1.165, 1.54) is 7.11 Å². The number of carbonyl (C=O) groups excluding carboxylic acids is 1. The molecule has 0 aromatic heterocycles. The van der Waals surface area contributed by atoms with Crippen molar-refractivity contribution in [3.8, 4) is 11.5 Å². The van der Waals surface area contributed by atoms with Crippen LogP contribution in [-0.2, 0) is 11.3 Å². The molecule has 0 fully saturated rings. The van der Waals surface area contributed by atoms with E-state index in [-0.39, 0.29) is 18.1 Å². The van der Waals surface area contributed by atoms with Gasteiger partial charge in [-0.3, -0.25) is 4.79 Å². The first kappa shape index (κ1) is 24.1. The van der Waals surface area contributed by atoms with Crippen LogP contribution in [0, 0.1) is 13.8 Å². The first-order valence-electron chi connectivity index (χ1n) is 10.2. The molecule has 3 N–H and O–H groups in total. The molecule has 3 aromatic rings. The zero-order valence-corrected chi connectivity index (χ0v) is 20.2. The van der Waals surface area contributed by atoms with E-state index >= 15 is 0 Å². The number of methoxy groups -OCH3 is 1. The zero-order valence-electron chi connectivity index (χ0n) is 18.6. The summed E-state index contributed by atoms with van der Waals surface area (Å²) >= 11 is 3.54. The molecule has 33 heavy (non-hydrogen) atoms. The fourth-order valence-electron chi connectivity index (χ4n) is 3.10. The van der Waals surface area contributed by atoms with E-state index in [1.807, 2.05) is 38.1 Å². The average molecular weight is 513 g/mol. The fourth-order valence-corrected chi connectivity index (χ4v) is 3.56. The van der Waals surface area contributed by atoms with Gasteiger partial charge in [0.15, 0.2) is 18.1 Å². The average Bonchev–Trinajstić information content (AvgIpc) is 2.79. The lowest BCUT2D eigenvalue weighted by atomic mass is 10.1. The molecule has 0 unspecified atom stereocenters. The molecule has 0 radical (unpaired) electrons. The quantitative estimate of drug-likeness (QED) is 0.355. The summed E-state index contributed by atoms with van der Waals surface area (Å²) in [5.74, 6) is -0.351. The molecule has 0 spiro atoms. The van der Waals surface area contributed by atoms with Crippen LogP contribution < -0.4 is 20.1 Å². The maximum absolute atomic E-state index is 12.2. The molecule has 0 atom stereocenters. The Morgan fingerprint density at radius 3 is 2.39 bits per heavy atom. The molecule has 172 valence electrons. The van der Waals surface area contributed by atoms with E-state index in [9.17, 15) is 14.7 Å². The topological polar surface area (TPSA) is 96.9 Å². The Hall–Kier alpha value is -3.52. The van der Waals surface area contributed by atoms with Crippen LogP contribution in [0.15, 0.2) is 59.1 Å². The number of carboxylic acids is 1. The lowest BCUT2D eigenvalue weighted by Gasteiger charge is -2.16. The molecule has 0 aliphatic rings. The van der Waals surface area contributed by atoms with Crippen molar-refractivity contribution in [3.63, 3.8) is 0 Å². The van der Waals surface area contributed by atoms with Gasteiger partial charge >= 0.3 is 5.97 Å². The van der Waals surface area contributed by atoms with E-state index in [0.717, 1.165) is 26.9 Å². The molecule has 0 aliphatic carbocycles. The first-order valence-corrected chi connectivity index (χ1v) is 11.0. The number of ether oxygens (including phenoxy) is 2. The smallest absolute Gasteiger partial charge is 0.335 e. The van der Waals surface area contributed by atoms with Gasteiger partial charge in [0.1, 0.15) is 0 Å². The number of hydrogen-bond acceptors (Lipinski definition) is 5. The normalized spacial score (nSPS) is 10.4. The van der Waals surface area contributed by atoms with Crippen molar-refractivity contribution in [2.75, 3.05) is 24.4 Å². The molecule has 0 saturated heterocycles. The summed E-state index contributed by atoms with van der Waals surface area (Å²) in [5, 5.41) is 15.3. The van der Waals surface area contributed by atoms with Gasteiger partial charge < -0.3 is 25.2 Å². The highest BCUT2D eigenvalue weighted by atomic mass is 79.9. The van der Waals surface area contributed by atoms with E-state index in [2.05, 4.69) is 26.6 Å². The minimum absolute atomic E-state index is 0.171. The van der Waals surface area contributed by atoms with Gasteiger partial charge in [0, 0.05) is 22.4 Å².